The van der Waals surface area contributed by atoms with E-state index in [0.717, 1.165) is 36.9 Å². The molecule has 4 rings (SSSR count). The number of aliphatic hydroxyl groups is 1. The van der Waals surface area contributed by atoms with E-state index in [1.807, 2.05) is 19.1 Å². The quantitative estimate of drug-likeness (QED) is 0.455. The Kier molecular flexibility index (Phi) is 5.87. The van der Waals surface area contributed by atoms with Gasteiger partial charge in [-0.2, -0.15) is 13.2 Å². The van der Waals surface area contributed by atoms with Crippen molar-refractivity contribution in [3.8, 4) is 11.1 Å². The van der Waals surface area contributed by atoms with Gasteiger partial charge >= 0.3 is 6.18 Å². The van der Waals surface area contributed by atoms with Crippen LogP contribution in [0.25, 0.3) is 16.8 Å². The Bertz CT molecular complexity index is 1100. The first-order valence-electron chi connectivity index (χ1n) is 10.0. The molecule has 0 unspecified atom stereocenters. The maximum absolute atomic E-state index is 12.8. The molecule has 0 amide bonds. The lowest BCUT2D eigenvalue weighted by Crippen LogP contribution is -2.35. The highest BCUT2D eigenvalue weighted by molar-refractivity contribution is 6.36. The summed E-state index contributed by atoms with van der Waals surface area (Å²) in [5.41, 5.74) is 1.87. The first-order chi connectivity index (χ1) is 14.5. The highest BCUT2D eigenvalue weighted by Gasteiger charge is 2.30. The fraction of sp³-hybridized carbons (Fsp3) is 0.409. The Hall–Kier alpha value is -1.96. The molecule has 0 bridgehead atoms. The number of fused-ring (bicyclic) bond motifs is 1. The van der Waals surface area contributed by atoms with E-state index in [4.69, 9.17) is 23.2 Å². The summed E-state index contributed by atoms with van der Waals surface area (Å²) in [5.74, 6) is 0. The van der Waals surface area contributed by atoms with Crippen LogP contribution in [-0.2, 0) is 6.42 Å². The summed E-state index contributed by atoms with van der Waals surface area (Å²) < 4.78 is 39.7. The zero-order chi connectivity index (χ0) is 22.4. The summed E-state index contributed by atoms with van der Waals surface area (Å²) in [5, 5.41) is 14.3. The van der Waals surface area contributed by atoms with E-state index in [0.29, 0.717) is 10.6 Å². The monoisotopic (exact) mass is 471 g/mol. The van der Waals surface area contributed by atoms with Crippen LogP contribution in [0.3, 0.4) is 0 Å². The summed E-state index contributed by atoms with van der Waals surface area (Å²) in [4.78, 5) is 4.08. The average molecular weight is 472 g/mol. The summed E-state index contributed by atoms with van der Waals surface area (Å²) in [6.07, 6.45) is 0.506. The minimum atomic E-state index is -4.33. The van der Waals surface area contributed by atoms with Crippen LogP contribution >= 0.6 is 23.2 Å². The smallest absolute Gasteiger partial charge is 0.390 e. The Morgan fingerprint density at radius 2 is 1.94 bits per heavy atom. The molecule has 1 aliphatic carbocycles. The standard InChI is InChI=1S/C22H22Cl2F3N3O/c1-21(31)7-4-14(5-8-21)29-18-3-2-13(10-17(18)23)16-6-9-30-15(11-22(25,26)27)12-28-20(30)19(16)24/h2-3,6,9-10,12,14,29,31H,4-5,7-8,11H2,1H3/t14-,21-. The lowest BCUT2D eigenvalue weighted by atomic mass is 9.83. The lowest BCUT2D eigenvalue weighted by molar-refractivity contribution is -0.127. The largest absolute Gasteiger partial charge is 0.394 e. The molecule has 31 heavy (non-hydrogen) atoms. The molecule has 0 radical (unpaired) electrons. The van der Waals surface area contributed by atoms with Gasteiger partial charge in [-0.25, -0.2) is 4.98 Å². The topological polar surface area (TPSA) is 49.6 Å². The average Bonchev–Trinajstić information content (AvgIpc) is 3.07. The Morgan fingerprint density at radius 3 is 2.58 bits per heavy atom. The maximum atomic E-state index is 12.8. The van der Waals surface area contributed by atoms with Gasteiger partial charge in [0, 0.05) is 24.0 Å². The normalized spacial score (nSPS) is 22.1. The van der Waals surface area contributed by atoms with Crippen molar-refractivity contribution in [1.29, 1.82) is 0 Å². The zero-order valence-electron chi connectivity index (χ0n) is 16.8. The number of alkyl halides is 3. The number of hydrogen-bond donors (Lipinski definition) is 2. The predicted molar refractivity (Wildman–Crippen MR) is 117 cm³/mol. The number of nitrogens with zero attached hydrogens (tertiary/aromatic N) is 2. The minimum absolute atomic E-state index is 0.0278. The van der Waals surface area contributed by atoms with E-state index >= 15 is 0 Å². The van der Waals surface area contributed by atoms with Gasteiger partial charge < -0.3 is 14.8 Å². The van der Waals surface area contributed by atoms with Crippen LogP contribution in [0.4, 0.5) is 18.9 Å². The molecule has 4 nitrogen and oxygen atoms in total. The highest BCUT2D eigenvalue weighted by atomic mass is 35.5. The van der Waals surface area contributed by atoms with Crippen LogP contribution in [0.5, 0.6) is 0 Å². The molecule has 2 heterocycles. The number of benzene rings is 1. The van der Waals surface area contributed by atoms with Crippen molar-refractivity contribution in [3.05, 3.63) is 52.4 Å². The molecule has 2 N–H and O–H groups in total. The Morgan fingerprint density at radius 1 is 1.23 bits per heavy atom. The van der Waals surface area contributed by atoms with Gasteiger partial charge in [0.25, 0.3) is 0 Å². The SMILES string of the molecule is C[C@]1(O)CC[C@H](Nc2ccc(-c3ccn4c(CC(F)(F)F)cnc4c3Cl)cc2Cl)CC1. The lowest BCUT2D eigenvalue weighted by Gasteiger charge is -2.34. The zero-order valence-corrected chi connectivity index (χ0v) is 18.3. The molecule has 9 heteroatoms. The number of pyridine rings is 1. The molecule has 0 atom stereocenters. The van der Waals surface area contributed by atoms with Gasteiger partial charge in [-0.05, 0) is 56.4 Å². The Labute approximate surface area is 188 Å². The second-order valence-electron chi connectivity index (χ2n) is 8.39. The number of nitrogens with one attached hydrogen (secondary N) is 1. The van der Waals surface area contributed by atoms with Crippen molar-refractivity contribution in [2.45, 2.75) is 56.8 Å². The molecule has 1 saturated carbocycles. The second-order valence-corrected chi connectivity index (χ2v) is 9.17. The van der Waals surface area contributed by atoms with Crippen LogP contribution < -0.4 is 5.32 Å². The molecule has 0 spiro atoms. The first kappa shape index (κ1) is 22.2. The fourth-order valence-electron chi connectivity index (χ4n) is 4.03. The predicted octanol–water partition coefficient (Wildman–Crippen LogP) is 6.52. The molecule has 0 aliphatic heterocycles. The summed E-state index contributed by atoms with van der Waals surface area (Å²) >= 11 is 13.0. The molecular weight excluding hydrogens is 450 g/mol. The van der Waals surface area contributed by atoms with Crippen LogP contribution in [0.2, 0.25) is 10.0 Å². The third-order valence-electron chi connectivity index (χ3n) is 5.78. The van der Waals surface area contributed by atoms with Crippen molar-refractivity contribution in [3.63, 3.8) is 0 Å². The van der Waals surface area contributed by atoms with Gasteiger partial charge in [-0.15, -0.1) is 0 Å². The molecule has 1 aliphatic rings. The number of anilines is 1. The molecular formula is C22H22Cl2F3N3O. The number of aromatic nitrogens is 2. The van der Waals surface area contributed by atoms with Gasteiger partial charge in [0.05, 0.1) is 33.4 Å². The number of rotatable bonds is 4. The first-order valence-corrected chi connectivity index (χ1v) is 10.8. The van der Waals surface area contributed by atoms with E-state index in [1.54, 1.807) is 18.3 Å². The van der Waals surface area contributed by atoms with Crippen LogP contribution in [0.15, 0.2) is 36.7 Å². The van der Waals surface area contributed by atoms with Gasteiger partial charge in [-0.3, -0.25) is 0 Å². The van der Waals surface area contributed by atoms with E-state index in [1.165, 1.54) is 10.6 Å². The number of hydrogen-bond acceptors (Lipinski definition) is 3. The van der Waals surface area contributed by atoms with Crippen molar-refractivity contribution < 1.29 is 18.3 Å². The van der Waals surface area contributed by atoms with Crippen LogP contribution in [-0.4, -0.2) is 32.3 Å². The molecule has 1 fully saturated rings. The molecule has 0 saturated heterocycles. The van der Waals surface area contributed by atoms with Crippen molar-refractivity contribution in [1.82, 2.24) is 9.38 Å². The molecule has 3 aromatic rings. The fourth-order valence-corrected chi connectivity index (χ4v) is 4.58. The minimum Gasteiger partial charge on any atom is -0.390 e. The van der Waals surface area contributed by atoms with Gasteiger partial charge in [0.1, 0.15) is 0 Å². The third kappa shape index (κ3) is 4.94. The van der Waals surface area contributed by atoms with Crippen molar-refractivity contribution >= 4 is 34.5 Å². The van der Waals surface area contributed by atoms with Gasteiger partial charge in [-0.1, -0.05) is 29.3 Å². The summed E-state index contributed by atoms with van der Waals surface area (Å²) in [7, 11) is 0. The van der Waals surface area contributed by atoms with Crippen molar-refractivity contribution in [2.75, 3.05) is 5.32 Å². The Balaban J connectivity index is 1.57. The van der Waals surface area contributed by atoms with Gasteiger partial charge in [0.15, 0.2) is 5.65 Å². The van der Waals surface area contributed by atoms with Crippen LogP contribution in [0, 0.1) is 0 Å². The third-order valence-corrected chi connectivity index (χ3v) is 6.47. The second kappa shape index (κ2) is 8.19. The van der Waals surface area contributed by atoms with E-state index in [9.17, 15) is 18.3 Å². The molecule has 2 aromatic heterocycles. The summed E-state index contributed by atoms with van der Waals surface area (Å²) in [6.45, 7) is 1.86. The van der Waals surface area contributed by atoms with Crippen molar-refractivity contribution in [2.24, 2.45) is 0 Å². The highest BCUT2D eigenvalue weighted by Crippen LogP contribution is 2.37. The number of halogens is 5. The maximum Gasteiger partial charge on any atom is 0.394 e. The summed E-state index contributed by atoms with van der Waals surface area (Å²) in [6, 6.07) is 7.41. The molecule has 1 aromatic carbocycles. The van der Waals surface area contributed by atoms with E-state index in [2.05, 4.69) is 10.3 Å². The van der Waals surface area contributed by atoms with Gasteiger partial charge in [0.2, 0.25) is 0 Å². The molecule has 166 valence electrons. The number of imidazole rings is 1. The van der Waals surface area contributed by atoms with E-state index < -0.39 is 18.2 Å². The van der Waals surface area contributed by atoms with Crippen LogP contribution in [0.1, 0.15) is 38.3 Å². The van der Waals surface area contributed by atoms with E-state index in [-0.39, 0.29) is 22.4 Å².